The number of aromatic nitrogens is 4. The zero-order chi connectivity index (χ0) is 25.7. The topological polar surface area (TPSA) is 134 Å². The zero-order valence-electron chi connectivity index (χ0n) is 19.2. The van der Waals surface area contributed by atoms with Crippen molar-refractivity contribution in [3.8, 4) is 11.4 Å². The maximum Gasteiger partial charge on any atom is 0.355 e. The lowest BCUT2D eigenvalue weighted by Crippen LogP contribution is -2.25. The van der Waals surface area contributed by atoms with Gasteiger partial charge < -0.3 is 20.5 Å². The fourth-order valence-corrected chi connectivity index (χ4v) is 3.95. The van der Waals surface area contributed by atoms with Crippen LogP contribution in [0.2, 0.25) is 10.0 Å². The summed E-state index contributed by atoms with van der Waals surface area (Å²) in [6, 6.07) is 12.0. The number of nitrogens with two attached hydrogens (primary N) is 1. The van der Waals surface area contributed by atoms with Gasteiger partial charge in [-0.25, -0.2) is 14.3 Å². The molecule has 0 aliphatic carbocycles. The molecule has 0 saturated heterocycles. The number of para-hydroxylation sites is 1. The van der Waals surface area contributed by atoms with Gasteiger partial charge in [-0.3, -0.25) is 4.79 Å². The summed E-state index contributed by atoms with van der Waals surface area (Å²) in [5.74, 6) is 0.706. The van der Waals surface area contributed by atoms with Crippen molar-refractivity contribution in [1.82, 2.24) is 19.5 Å². The van der Waals surface area contributed by atoms with Crippen LogP contribution in [0.4, 0.5) is 17.5 Å². The number of hydrogen-bond acceptors (Lipinski definition) is 9. The quantitative estimate of drug-likeness (QED) is 0.237. The third-order valence-electron chi connectivity index (χ3n) is 5.05. The molecule has 0 amide bonds. The highest BCUT2D eigenvalue weighted by atomic mass is 35.5. The second-order valence-electron chi connectivity index (χ2n) is 7.52. The lowest BCUT2D eigenvalue weighted by molar-refractivity contribution is -0.143. The molecule has 36 heavy (non-hydrogen) atoms. The summed E-state index contributed by atoms with van der Waals surface area (Å²) in [5, 5.41) is 3.92. The van der Waals surface area contributed by atoms with Crippen LogP contribution in [0.25, 0.3) is 16.7 Å². The summed E-state index contributed by atoms with van der Waals surface area (Å²) in [7, 11) is 0. The molecule has 0 saturated carbocycles. The number of hydrogen-bond donors (Lipinski definition) is 2. The Labute approximate surface area is 216 Å². The third kappa shape index (κ3) is 5.67. The average molecular weight is 529 g/mol. The van der Waals surface area contributed by atoms with Gasteiger partial charge in [-0.15, -0.1) is 0 Å². The molecule has 0 bridgehead atoms. The molecule has 186 valence electrons. The number of halogens is 2. The largest absolute Gasteiger partial charge is 0.494 e. The van der Waals surface area contributed by atoms with Crippen LogP contribution >= 0.6 is 23.2 Å². The Bertz CT molecular complexity index is 1440. The Hall–Kier alpha value is -3.89. The van der Waals surface area contributed by atoms with Crippen molar-refractivity contribution in [3.05, 3.63) is 69.2 Å². The van der Waals surface area contributed by atoms with E-state index in [0.29, 0.717) is 42.9 Å². The van der Waals surface area contributed by atoms with Crippen molar-refractivity contribution in [2.24, 2.45) is 0 Å². The molecule has 0 aliphatic heterocycles. The van der Waals surface area contributed by atoms with Crippen LogP contribution in [-0.2, 0) is 9.53 Å². The van der Waals surface area contributed by atoms with Crippen molar-refractivity contribution in [2.75, 3.05) is 24.3 Å². The molecule has 0 atom stereocenters. The van der Waals surface area contributed by atoms with Crippen molar-refractivity contribution < 1.29 is 14.3 Å². The Morgan fingerprint density at radius 3 is 2.53 bits per heavy atom. The summed E-state index contributed by atoms with van der Waals surface area (Å²) >= 11 is 12.5. The van der Waals surface area contributed by atoms with Crippen LogP contribution in [0.3, 0.4) is 0 Å². The SMILES string of the molecule is CCOC(=O)CCCOc1ccc(Nc2ncc3c(N)n(-c4c(Cl)cccc4Cl)c(=O)nc3n2)cc1. The second kappa shape index (κ2) is 11.2. The zero-order valence-corrected chi connectivity index (χ0v) is 20.7. The van der Waals surface area contributed by atoms with Gasteiger partial charge in [0.05, 0.1) is 34.3 Å². The fraction of sp³-hybridized carbons (Fsp3) is 0.208. The van der Waals surface area contributed by atoms with Gasteiger partial charge in [-0.05, 0) is 49.7 Å². The fourth-order valence-electron chi connectivity index (χ4n) is 3.39. The number of anilines is 3. The molecule has 3 N–H and O–H groups in total. The van der Waals surface area contributed by atoms with E-state index in [0.717, 1.165) is 4.57 Å². The van der Waals surface area contributed by atoms with Gasteiger partial charge in [0.15, 0.2) is 5.65 Å². The minimum absolute atomic E-state index is 0.0657. The molecule has 4 rings (SSSR count). The van der Waals surface area contributed by atoms with E-state index in [1.807, 2.05) is 0 Å². The molecule has 2 aromatic heterocycles. The molecule has 12 heteroatoms. The van der Waals surface area contributed by atoms with Gasteiger partial charge in [0.2, 0.25) is 5.95 Å². The van der Waals surface area contributed by atoms with Gasteiger partial charge in [0.1, 0.15) is 11.6 Å². The van der Waals surface area contributed by atoms with E-state index in [2.05, 4.69) is 20.3 Å². The number of esters is 1. The lowest BCUT2D eigenvalue weighted by atomic mass is 10.3. The van der Waals surface area contributed by atoms with E-state index in [-0.39, 0.29) is 39.1 Å². The summed E-state index contributed by atoms with van der Waals surface area (Å²) in [5.41, 5.74) is 6.63. The normalized spacial score (nSPS) is 10.9. The summed E-state index contributed by atoms with van der Waals surface area (Å²) in [4.78, 5) is 36.8. The van der Waals surface area contributed by atoms with Crippen molar-refractivity contribution in [1.29, 1.82) is 0 Å². The van der Waals surface area contributed by atoms with E-state index in [1.165, 1.54) is 6.20 Å². The highest BCUT2D eigenvalue weighted by Gasteiger charge is 2.17. The number of carbonyl (C=O) groups is 1. The van der Waals surface area contributed by atoms with Gasteiger partial charge in [-0.2, -0.15) is 9.97 Å². The van der Waals surface area contributed by atoms with Crippen LogP contribution in [-0.4, -0.2) is 38.7 Å². The first-order valence-electron chi connectivity index (χ1n) is 11.0. The van der Waals surface area contributed by atoms with Crippen LogP contribution in [0.1, 0.15) is 19.8 Å². The third-order valence-corrected chi connectivity index (χ3v) is 5.66. The van der Waals surface area contributed by atoms with Crippen molar-refractivity contribution >= 4 is 57.7 Å². The molecule has 2 heterocycles. The Balaban J connectivity index is 1.48. The highest BCUT2D eigenvalue weighted by molar-refractivity contribution is 6.37. The summed E-state index contributed by atoms with van der Waals surface area (Å²) in [6.45, 7) is 2.53. The van der Waals surface area contributed by atoms with E-state index in [1.54, 1.807) is 49.4 Å². The number of nitrogen functional groups attached to an aromatic ring is 1. The highest BCUT2D eigenvalue weighted by Crippen LogP contribution is 2.30. The number of carbonyl (C=O) groups excluding carboxylic acids is 1. The number of rotatable bonds is 9. The predicted octanol–water partition coefficient (Wildman–Crippen LogP) is 4.53. The molecule has 10 nitrogen and oxygen atoms in total. The molecule has 0 radical (unpaired) electrons. The van der Waals surface area contributed by atoms with Crippen LogP contribution in [0.5, 0.6) is 5.75 Å². The van der Waals surface area contributed by atoms with E-state index >= 15 is 0 Å². The van der Waals surface area contributed by atoms with Gasteiger partial charge in [-0.1, -0.05) is 29.3 Å². The van der Waals surface area contributed by atoms with Crippen LogP contribution in [0.15, 0.2) is 53.5 Å². The minimum Gasteiger partial charge on any atom is -0.494 e. The minimum atomic E-state index is -0.677. The predicted molar refractivity (Wildman–Crippen MR) is 138 cm³/mol. The standard InChI is InChI=1S/C24H22Cl2N6O4/c1-2-35-19(33)7-4-12-36-15-10-8-14(9-11-15)29-23-28-13-16-21(27)32(24(34)31-22(16)30-23)20-17(25)5-3-6-18(20)26/h3,5-6,8-11,13H,2,4,7,12,27H2,1H3,(H,29,30,31,34). The van der Waals surface area contributed by atoms with Crippen LogP contribution < -0.4 is 21.5 Å². The summed E-state index contributed by atoms with van der Waals surface area (Å²) < 4.78 is 11.7. The van der Waals surface area contributed by atoms with E-state index in [4.69, 9.17) is 38.4 Å². The van der Waals surface area contributed by atoms with Gasteiger partial charge >= 0.3 is 11.7 Å². The average Bonchev–Trinajstić information content (AvgIpc) is 2.84. The number of ether oxygens (including phenoxy) is 2. The van der Waals surface area contributed by atoms with Crippen molar-refractivity contribution in [3.63, 3.8) is 0 Å². The van der Waals surface area contributed by atoms with E-state index in [9.17, 15) is 9.59 Å². The second-order valence-corrected chi connectivity index (χ2v) is 8.34. The first-order chi connectivity index (χ1) is 17.4. The Morgan fingerprint density at radius 1 is 1.11 bits per heavy atom. The molecular weight excluding hydrogens is 507 g/mol. The smallest absolute Gasteiger partial charge is 0.355 e. The number of benzene rings is 2. The number of nitrogens with zero attached hydrogens (tertiary/aromatic N) is 4. The van der Waals surface area contributed by atoms with Gasteiger partial charge in [0, 0.05) is 18.3 Å². The molecular formula is C24H22Cl2N6O4. The lowest BCUT2D eigenvalue weighted by Gasteiger charge is -2.14. The maximum atomic E-state index is 12.8. The number of nitrogens with one attached hydrogen (secondary N) is 1. The van der Waals surface area contributed by atoms with Gasteiger partial charge in [0.25, 0.3) is 0 Å². The molecule has 0 unspecified atom stereocenters. The molecule has 4 aromatic rings. The first-order valence-corrected chi connectivity index (χ1v) is 11.8. The molecule has 0 spiro atoms. The maximum absolute atomic E-state index is 12.8. The molecule has 2 aromatic carbocycles. The monoisotopic (exact) mass is 528 g/mol. The first kappa shape index (κ1) is 25.2. The Morgan fingerprint density at radius 2 is 1.83 bits per heavy atom. The molecule has 0 fully saturated rings. The van der Waals surface area contributed by atoms with Crippen LogP contribution in [0, 0.1) is 0 Å². The van der Waals surface area contributed by atoms with Crippen molar-refractivity contribution in [2.45, 2.75) is 19.8 Å². The Kier molecular flexibility index (Phi) is 7.87. The summed E-state index contributed by atoms with van der Waals surface area (Å²) in [6.07, 6.45) is 2.33. The number of fused-ring (bicyclic) bond motifs is 1. The van der Waals surface area contributed by atoms with E-state index < -0.39 is 5.69 Å². The molecule has 0 aliphatic rings.